The largest absolute Gasteiger partial charge is 0.497 e. The molecule has 0 aliphatic rings. The van der Waals surface area contributed by atoms with Gasteiger partial charge in [-0.3, -0.25) is 0 Å². The van der Waals surface area contributed by atoms with Gasteiger partial charge in [0.25, 0.3) is 0 Å². The van der Waals surface area contributed by atoms with Crippen LogP contribution in [0.3, 0.4) is 0 Å². The summed E-state index contributed by atoms with van der Waals surface area (Å²) in [6.45, 7) is 0.288. The molecule has 2 N–H and O–H groups in total. The molecule has 3 aromatic rings. The number of halogens is 1. The molecule has 7 nitrogen and oxygen atoms in total. The third kappa shape index (κ3) is 4.15. The summed E-state index contributed by atoms with van der Waals surface area (Å²) in [4.78, 5) is 4.33. The molecule has 0 saturated carbocycles. The van der Waals surface area contributed by atoms with Gasteiger partial charge in [-0.25, -0.2) is 4.39 Å². The lowest BCUT2D eigenvalue weighted by atomic mass is 10.2. The number of nitrogens with zero attached hydrogens (tertiary/aromatic N) is 3. The number of hydrogen-bond acceptors (Lipinski definition) is 7. The number of benzene rings is 2. The summed E-state index contributed by atoms with van der Waals surface area (Å²) in [6.07, 6.45) is 1.47. The van der Waals surface area contributed by atoms with E-state index < -0.39 is 0 Å². The Labute approximate surface area is 150 Å². The highest BCUT2D eigenvalue weighted by atomic mass is 19.1. The molecule has 0 atom stereocenters. The minimum atomic E-state index is -0.275. The molecule has 0 aliphatic heterocycles. The third-order valence-electron chi connectivity index (χ3n) is 3.63. The van der Waals surface area contributed by atoms with Crippen molar-refractivity contribution >= 4 is 17.5 Å². The first-order valence-corrected chi connectivity index (χ1v) is 7.85. The monoisotopic (exact) mass is 355 g/mol. The zero-order valence-electron chi connectivity index (χ0n) is 14.4. The molecule has 0 spiro atoms. The summed E-state index contributed by atoms with van der Waals surface area (Å²) in [5.74, 6) is 1.73. The molecule has 3 rings (SSSR count). The van der Waals surface area contributed by atoms with Crippen molar-refractivity contribution in [3.05, 3.63) is 60.0 Å². The van der Waals surface area contributed by atoms with Gasteiger partial charge in [-0.15, -0.1) is 5.10 Å². The predicted molar refractivity (Wildman–Crippen MR) is 96.4 cm³/mol. The van der Waals surface area contributed by atoms with E-state index in [1.807, 2.05) is 0 Å². The second-order valence-electron chi connectivity index (χ2n) is 5.30. The van der Waals surface area contributed by atoms with Crippen LogP contribution in [0.4, 0.5) is 21.8 Å². The van der Waals surface area contributed by atoms with Crippen molar-refractivity contribution in [2.24, 2.45) is 0 Å². The fraction of sp³-hybridized carbons (Fsp3) is 0.167. The van der Waals surface area contributed by atoms with E-state index in [4.69, 9.17) is 9.47 Å². The first kappa shape index (κ1) is 17.4. The molecule has 0 saturated heterocycles. The quantitative estimate of drug-likeness (QED) is 0.672. The molecular formula is C18H18FN5O2. The van der Waals surface area contributed by atoms with E-state index in [9.17, 15) is 4.39 Å². The van der Waals surface area contributed by atoms with E-state index in [-0.39, 0.29) is 18.3 Å². The van der Waals surface area contributed by atoms with Gasteiger partial charge >= 0.3 is 0 Å². The highest BCUT2D eigenvalue weighted by molar-refractivity contribution is 5.64. The van der Waals surface area contributed by atoms with E-state index in [2.05, 4.69) is 25.8 Å². The van der Waals surface area contributed by atoms with Crippen molar-refractivity contribution in [2.45, 2.75) is 6.54 Å². The van der Waals surface area contributed by atoms with Crippen molar-refractivity contribution in [3.63, 3.8) is 0 Å². The zero-order valence-corrected chi connectivity index (χ0v) is 14.4. The summed E-state index contributed by atoms with van der Waals surface area (Å²) in [7, 11) is 3.14. The molecule has 0 unspecified atom stereocenters. The van der Waals surface area contributed by atoms with E-state index in [1.165, 1.54) is 12.3 Å². The average Bonchev–Trinajstić information content (AvgIpc) is 2.68. The zero-order chi connectivity index (χ0) is 18.4. The minimum absolute atomic E-state index is 0.275. The molecule has 1 heterocycles. The Balaban J connectivity index is 1.72. The average molecular weight is 355 g/mol. The fourth-order valence-corrected chi connectivity index (χ4v) is 2.29. The topological polar surface area (TPSA) is 81.2 Å². The Morgan fingerprint density at radius 1 is 1.08 bits per heavy atom. The Kier molecular flexibility index (Phi) is 5.43. The maximum Gasteiger partial charge on any atom is 0.249 e. The number of ether oxygens (including phenoxy) is 2. The molecule has 134 valence electrons. The fourth-order valence-electron chi connectivity index (χ4n) is 2.29. The summed E-state index contributed by atoms with van der Waals surface area (Å²) in [5, 5.41) is 13.9. The van der Waals surface area contributed by atoms with E-state index in [1.54, 1.807) is 50.6 Å². The van der Waals surface area contributed by atoms with Gasteiger partial charge in [0.15, 0.2) is 5.82 Å². The summed E-state index contributed by atoms with van der Waals surface area (Å²) in [5.41, 5.74) is 1.21. The van der Waals surface area contributed by atoms with Crippen molar-refractivity contribution in [1.29, 1.82) is 0 Å². The van der Waals surface area contributed by atoms with Crippen LogP contribution in [0, 0.1) is 5.82 Å². The summed E-state index contributed by atoms with van der Waals surface area (Å²) in [6, 6.07) is 11.9. The van der Waals surface area contributed by atoms with Gasteiger partial charge in [0.2, 0.25) is 5.95 Å². The molecule has 26 heavy (non-hydrogen) atoms. The first-order valence-electron chi connectivity index (χ1n) is 7.85. The molecule has 0 bridgehead atoms. The Morgan fingerprint density at radius 3 is 2.69 bits per heavy atom. The second kappa shape index (κ2) is 8.11. The van der Waals surface area contributed by atoms with Gasteiger partial charge in [-0.2, -0.15) is 10.1 Å². The normalized spacial score (nSPS) is 10.3. The van der Waals surface area contributed by atoms with Crippen LogP contribution >= 0.6 is 0 Å². The standard InChI is InChI=1S/C18H18FN5O2/c1-25-13-7-8-15(16(9-13)26-2)22-18-23-17(11-21-24-18)20-10-12-5-3-4-6-14(12)19/h3-9,11H,10H2,1-2H3,(H2,20,22,23,24). The van der Waals surface area contributed by atoms with Crippen LogP contribution in [0.2, 0.25) is 0 Å². The van der Waals surface area contributed by atoms with Gasteiger partial charge in [-0.05, 0) is 18.2 Å². The maximum absolute atomic E-state index is 13.7. The number of rotatable bonds is 7. The molecule has 0 radical (unpaired) electrons. The molecule has 0 aliphatic carbocycles. The summed E-state index contributed by atoms with van der Waals surface area (Å²) >= 11 is 0. The molecular weight excluding hydrogens is 337 g/mol. The number of nitrogens with one attached hydrogen (secondary N) is 2. The summed E-state index contributed by atoms with van der Waals surface area (Å²) < 4.78 is 24.2. The highest BCUT2D eigenvalue weighted by Gasteiger charge is 2.08. The van der Waals surface area contributed by atoms with E-state index in [0.717, 1.165) is 0 Å². The molecule has 8 heteroatoms. The lowest BCUT2D eigenvalue weighted by Crippen LogP contribution is -2.07. The highest BCUT2D eigenvalue weighted by Crippen LogP contribution is 2.30. The minimum Gasteiger partial charge on any atom is -0.497 e. The van der Waals surface area contributed by atoms with Crippen LogP contribution in [0.1, 0.15) is 5.56 Å². The number of aromatic nitrogens is 3. The lowest BCUT2D eigenvalue weighted by Gasteiger charge is -2.12. The number of hydrogen-bond donors (Lipinski definition) is 2. The predicted octanol–water partition coefficient (Wildman–Crippen LogP) is 3.38. The van der Waals surface area contributed by atoms with Crippen LogP contribution in [0.15, 0.2) is 48.7 Å². The Bertz CT molecular complexity index is 891. The smallest absolute Gasteiger partial charge is 0.249 e. The van der Waals surface area contributed by atoms with Gasteiger partial charge in [0.05, 0.1) is 26.1 Å². The van der Waals surface area contributed by atoms with Crippen LogP contribution < -0.4 is 20.1 Å². The van der Waals surface area contributed by atoms with Crippen molar-refractivity contribution in [1.82, 2.24) is 15.2 Å². The van der Waals surface area contributed by atoms with Crippen molar-refractivity contribution in [2.75, 3.05) is 24.9 Å². The van der Waals surface area contributed by atoms with Crippen LogP contribution in [-0.2, 0) is 6.54 Å². The first-order chi connectivity index (χ1) is 12.7. The number of methoxy groups -OCH3 is 2. The third-order valence-corrected chi connectivity index (χ3v) is 3.63. The lowest BCUT2D eigenvalue weighted by molar-refractivity contribution is 0.395. The van der Waals surface area contributed by atoms with Crippen LogP contribution in [-0.4, -0.2) is 29.4 Å². The van der Waals surface area contributed by atoms with Crippen molar-refractivity contribution < 1.29 is 13.9 Å². The molecule has 0 amide bonds. The Morgan fingerprint density at radius 2 is 1.92 bits per heavy atom. The van der Waals surface area contributed by atoms with Crippen LogP contribution in [0.5, 0.6) is 11.5 Å². The van der Waals surface area contributed by atoms with E-state index >= 15 is 0 Å². The van der Waals surface area contributed by atoms with Crippen LogP contribution in [0.25, 0.3) is 0 Å². The Hall–Kier alpha value is -3.42. The maximum atomic E-state index is 13.7. The molecule has 2 aromatic carbocycles. The van der Waals surface area contributed by atoms with Gasteiger partial charge < -0.3 is 20.1 Å². The van der Waals surface area contributed by atoms with Gasteiger partial charge in [-0.1, -0.05) is 18.2 Å². The molecule has 0 fully saturated rings. The van der Waals surface area contributed by atoms with Gasteiger partial charge in [0, 0.05) is 18.2 Å². The second-order valence-corrected chi connectivity index (χ2v) is 5.30. The van der Waals surface area contributed by atoms with Gasteiger partial charge in [0.1, 0.15) is 17.3 Å². The van der Waals surface area contributed by atoms with Crippen molar-refractivity contribution in [3.8, 4) is 11.5 Å². The molecule has 1 aromatic heterocycles. The number of anilines is 3. The van der Waals surface area contributed by atoms with E-state index in [0.29, 0.717) is 28.6 Å². The SMILES string of the molecule is COc1ccc(Nc2nncc(NCc3ccccc3F)n2)c(OC)c1.